The number of pyridine rings is 1. The summed E-state index contributed by atoms with van der Waals surface area (Å²) < 4.78 is 5.49. The van der Waals surface area contributed by atoms with Gasteiger partial charge in [-0.1, -0.05) is 18.2 Å². The zero-order valence-corrected chi connectivity index (χ0v) is 18.7. The molecule has 4 rings (SSSR count). The monoisotopic (exact) mass is 450 g/mol. The molecule has 1 aliphatic heterocycles. The maximum absolute atomic E-state index is 13.2. The van der Waals surface area contributed by atoms with Crippen LogP contribution in [0.4, 0.5) is 5.69 Å². The summed E-state index contributed by atoms with van der Waals surface area (Å²) in [6.07, 6.45) is 3.13. The van der Waals surface area contributed by atoms with Crippen molar-refractivity contribution in [1.82, 2.24) is 15.2 Å². The van der Waals surface area contributed by atoms with Crippen molar-refractivity contribution in [2.45, 2.75) is 13.0 Å². The fraction of sp³-hybridized carbons (Fsp3) is 0.292. The highest BCUT2D eigenvalue weighted by atomic mass is 32.1. The van der Waals surface area contributed by atoms with Crippen molar-refractivity contribution < 1.29 is 14.3 Å². The molecule has 1 saturated heterocycles. The number of nitrogens with one attached hydrogen (secondary N) is 2. The molecule has 7 nitrogen and oxygen atoms in total. The Bertz CT molecular complexity index is 1050. The number of para-hydroxylation sites is 1. The highest BCUT2D eigenvalue weighted by Gasteiger charge is 2.25. The second-order valence-electron chi connectivity index (χ2n) is 7.58. The highest BCUT2D eigenvalue weighted by Crippen LogP contribution is 2.26. The van der Waals surface area contributed by atoms with Crippen molar-refractivity contribution in [3.05, 3.63) is 81.8 Å². The summed E-state index contributed by atoms with van der Waals surface area (Å²) in [5.74, 6) is -0.492. The molecule has 0 saturated carbocycles. The molecule has 1 aliphatic rings. The molecule has 2 aromatic heterocycles. The summed E-state index contributed by atoms with van der Waals surface area (Å²) in [5, 5.41) is 8.04. The van der Waals surface area contributed by atoms with Gasteiger partial charge < -0.3 is 15.4 Å². The number of aryl methyl sites for hydroxylation is 1. The number of thiophene rings is 1. The molecule has 3 heterocycles. The lowest BCUT2D eigenvalue weighted by Crippen LogP contribution is -2.43. The Labute approximate surface area is 191 Å². The number of morpholine rings is 1. The van der Waals surface area contributed by atoms with E-state index in [0.29, 0.717) is 36.6 Å². The van der Waals surface area contributed by atoms with E-state index in [9.17, 15) is 9.59 Å². The zero-order valence-electron chi connectivity index (χ0n) is 17.9. The molecule has 3 aromatic rings. The summed E-state index contributed by atoms with van der Waals surface area (Å²) in [6, 6.07) is 12.9. The molecule has 166 valence electrons. The van der Waals surface area contributed by atoms with Gasteiger partial charge in [0.1, 0.15) is 0 Å². The average molecular weight is 451 g/mol. The van der Waals surface area contributed by atoms with E-state index >= 15 is 0 Å². The number of aromatic nitrogens is 1. The molecule has 1 fully saturated rings. The minimum absolute atomic E-state index is 0.0857. The minimum atomic E-state index is -0.277. The molecule has 0 spiro atoms. The number of rotatable bonds is 7. The van der Waals surface area contributed by atoms with E-state index in [1.807, 2.05) is 25.1 Å². The van der Waals surface area contributed by atoms with E-state index in [2.05, 4.69) is 32.0 Å². The van der Waals surface area contributed by atoms with E-state index < -0.39 is 0 Å². The number of carbonyl (C=O) groups excluding carboxylic acids is 2. The predicted molar refractivity (Wildman–Crippen MR) is 125 cm³/mol. The Hall–Kier alpha value is -3.07. The number of carbonyl (C=O) groups is 2. The molecule has 0 bridgehead atoms. The third-order valence-electron chi connectivity index (χ3n) is 5.51. The van der Waals surface area contributed by atoms with Gasteiger partial charge in [0.15, 0.2) is 0 Å². The van der Waals surface area contributed by atoms with Gasteiger partial charge in [0, 0.05) is 42.5 Å². The Morgan fingerprint density at radius 2 is 1.88 bits per heavy atom. The molecular weight excluding hydrogens is 424 g/mol. The number of benzene rings is 1. The quantitative estimate of drug-likeness (QED) is 0.576. The van der Waals surface area contributed by atoms with Crippen LogP contribution in [0.3, 0.4) is 0 Å². The van der Waals surface area contributed by atoms with Gasteiger partial charge in [-0.25, -0.2) is 0 Å². The summed E-state index contributed by atoms with van der Waals surface area (Å²) in [6.45, 7) is 5.40. The first-order valence-electron chi connectivity index (χ1n) is 10.6. The normalized spacial score (nSPS) is 15.2. The first-order valence-corrected chi connectivity index (χ1v) is 11.5. The van der Waals surface area contributed by atoms with Crippen LogP contribution in [0.25, 0.3) is 0 Å². The Balaban J connectivity index is 1.50. The fourth-order valence-corrected chi connectivity index (χ4v) is 4.64. The van der Waals surface area contributed by atoms with Crippen LogP contribution in [-0.2, 0) is 4.74 Å². The van der Waals surface area contributed by atoms with Gasteiger partial charge in [0.05, 0.1) is 30.5 Å². The number of anilines is 1. The largest absolute Gasteiger partial charge is 0.379 e. The van der Waals surface area contributed by atoms with Gasteiger partial charge in [-0.3, -0.25) is 19.5 Å². The summed E-state index contributed by atoms with van der Waals surface area (Å²) in [7, 11) is 0. The van der Waals surface area contributed by atoms with E-state index in [4.69, 9.17) is 4.74 Å². The van der Waals surface area contributed by atoms with Crippen LogP contribution < -0.4 is 10.6 Å². The van der Waals surface area contributed by atoms with Crippen LogP contribution in [0.1, 0.15) is 37.2 Å². The first kappa shape index (κ1) is 22.1. The highest BCUT2D eigenvalue weighted by molar-refractivity contribution is 7.10. The maximum Gasteiger partial charge on any atom is 0.255 e. The standard InChI is InChI=1S/C24H26N4O3S/c1-17-4-2-5-19(22(17)27-23(29)18-7-9-25-10-8-18)24(30)26-16-20(21-6-3-15-32-21)28-11-13-31-14-12-28/h2-10,15,20H,11-14,16H2,1H3,(H,26,30)(H,27,29). The number of ether oxygens (including phenoxy) is 1. The van der Waals surface area contributed by atoms with Gasteiger partial charge in [-0.2, -0.15) is 0 Å². The maximum atomic E-state index is 13.2. The number of hydrogen-bond donors (Lipinski definition) is 2. The Morgan fingerprint density at radius 3 is 2.59 bits per heavy atom. The Kier molecular flexibility index (Phi) is 7.26. The summed E-state index contributed by atoms with van der Waals surface area (Å²) in [5.41, 5.74) is 2.27. The van der Waals surface area contributed by atoms with Crippen LogP contribution in [0.2, 0.25) is 0 Å². The SMILES string of the molecule is Cc1cccc(C(=O)NCC(c2cccs2)N2CCOCC2)c1NC(=O)c1ccncc1. The van der Waals surface area contributed by atoms with E-state index in [0.717, 1.165) is 18.7 Å². The van der Waals surface area contributed by atoms with Gasteiger partial charge in [-0.15, -0.1) is 11.3 Å². The smallest absolute Gasteiger partial charge is 0.255 e. The second kappa shape index (κ2) is 10.5. The van der Waals surface area contributed by atoms with E-state index in [-0.39, 0.29) is 17.9 Å². The zero-order chi connectivity index (χ0) is 22.3. The van der Waals surface area contributed by atoms with Crippen LogP contribution in [0.5, 0.6) is 0 Å². The average Bonchev–Trinajstić information content (AvgIpc) is 3.36. The van der Waals surface area contributed by atoms with Crippen molar-refractivity contribution >= 4 is 28.8 Å². The summed E-state index contributed by atoms with van der Waals surface area (Å²) >= 11 is 1.69. The molecule has 1 unspecified atom stereocenters. The van der Waals surface area contributed by atoms with E-state index in [1.54, 1.807) is 41.9 Å². The van der Waals surface area contributed by atoms with Gasteiger partial charge in [0.2, 0.25) is 0 Å². The molecule has 2 amide bonds. The van der Waals surface area contributed by atoms with Gasteiger partial charge in [0.25, 0.3) is 11.8 Å². The van der Waals surface area contributed by atoms with Crippen molar-refractivity contribution in [2.24, 2.45) is 0 Å². The lowest BCUT2D eigenvalue weighted by molar-refractivity contribution is 0.0169. The molecule has 0 aliphatic carbocycles. The molecule has 2 N–H and O–H groups in total. The fourth-order valence-electron chi connectivity index (χ4n) is 3.78. The molecule has 1 aromatic carbocycles. The topological polar surface area (TPSA) is 83.6 Å². The van der Waals surface area contributed by atoms with Gasteiger partial charge in [-0.05, 0) is 42.1 Å². The molecule has 0 radical (unpaired) electrons. The first-order chi connectivity index (χ1) is 15.6. The third kappa shape index (κ3) is 5.21. The van der Waals surface area contributed by atoms with E-state index in [1.165, 1.54) is 4.88 Å². The number of hydrogen-bond acceptors (Lipinski definition) is 6. The van der Waals surface area contributed by atoms with Crippen LogP contribution in [-0.4, -0.2) is 54.5 Å². The predicted octanol–water partition coefficient (Wildman–Crippen LogP) is 3.51. The molecule has 8 heteroatoms. The van der Waals surface area contributed by atoms with Crippen molar-refractivity contribution in [3.8, 4) is 0 Å². The molecule has 32 heavy (non-hydrogen) atoms. The number of nitrogens with zero attached hydrogens (tertiary/aromatic N) is 2. The Morgan fingerprint density at radius 1 is 1.09 bits per heavy atom. The van der Waals surface area contributed by atoms with Crippen molar-refractivity contribution in [2.75, 3.05) is 38.2 Å². The third-order valence-corrected chi connectivity index (χ3v) is 6.49. The van der Waals surface area contributed by atoms with Crippen LogP contribution in [0.15, 0.2) is 60.2 Å². The molecule has 1 atom stereocenters. The minimum Gasteiger partial charge on any atom is -0.379 e. The van der Waals surface area contributed by atoms with Gasteiger partial charge >= 0.3 is 0 Å². The lowest BCUT2D eigenvalue weighted by atomic mass is 10.1. The van der Waals surface area contributed by atoms with Crippen molar-refractivity contribution in [3.63, 3.8) is 0 Å². The van der Waals surface area contributed by atoms with Crippen molar-refractivity contribution in [1.29, 1.82) is 0 Å². The summed E-state index contributed by atoms with van der Waals surface area (Å²) in [4.78, 5) is 33.4. The second-order valence-corrected chi connectivity index (χ2v) is 8.56. The molecular formula is C24H26N4O3S. The van der Waals surface area contributed by atoms with Crippen LogP contribution in [0, 0.1) is 6.92 Å². The number of amides is 2. The lowest BCUT2D eigenvalue weighted by Gasteiger charge is -2.34. The van der Waals surface area contributed by atoms with Crippen LogP contribution >= 0.6 is 11.3 Å².